The predicted octanol–water partition coefficient (Wildman–Crippen LogP) is 2.58. The van der Waals surface area contributed by atoms with E-state index in [0.29, 0.717) is 11.8 Å². The Morgan fingerprint density at radius 2 is 2.29 bits per heavy atom. The summed E-state index contributed by atoms with van der Waals surface area (Å²) in [7, 11) is 0. The molecule has 2 rings (SSSR count). The van der Waals surface area contributed by atoms with E-state index in [1.807, 2.05) is 19.1 Å². The lowest BCUT2D eigenvalue weighted by Gasteiger charge is -1.93. The highest BCUT2D eigenvalue weighted by molar-refractivity contribution is 9.11. The Balaban J connectivity index is 2.33. The van der Waals surface area contributed by atoms with Gasteiger partial charge in [0.2, 0.25) is 5.89 Å². The third kappa shape index (κ3) is 1.87. The van der Waals surface area contributed by atoms with E-state index in [9.17, 15) is 0 Å². The van der Waals surface area contributed by atoms with Gasteiger partial charge in [-0.15, -0.1) is 21.5 Å². The second-order valence-electron chi connectivity index (χ2n) is 2.84. The van der Waals surface area contributed by atoms with Crippen LogP contribution in [0, 0.1) is 0 Å². The SMILES string of the molecule is CC(N)c1nnc(-c2ccc(Br)s2)o1. The molecule has 0 aliphatic heterocycles. The fraction of sp³-hybridized carbons (Fsp3) is 0.250. The molecular weight excluding hydrogens is 266 g/mol. The van der Waals surface area contributed by atoms with Gasteiger partial charge in [0.25, 0.3) is 5.89 Å². The highest BCUT2D eigenvalue weighted by Crippen LogP contribution is 2.30. The number of hydrogen-bond donors (Lipinski definition) is 1. The Kier molecular flexibility index (Phi) is 2.66. The molecule has 0 aromatic carbocycles. The average molecular weight is 274 g/mol. The van der Waals surface area contributed by atoms with E-state index in [1.165, 1.54) is 0 Å². The van der Waals surface area contributed by atoms with Crippen LogP contribution in [0.2, 0.25) is 0 Å². The molecule has 0 saturated carbocycles. The average Bonchev–Trinajstić information content (AvgIpc) is 2.70. The lowest BCUT2D eigenvalue weighted by molar-refractivity contribution is 0.474. The van der Waals surface area contributed by atoms with Crippen LogP contribution in [0.3, 0.4) is 0 Å². The molecule has 2 aromatic heterocycles. The van der Waals surface area contributed by atoms with Gasteiger partial charge in [-0.2, -0.15) is 0 Å². The van der Waals surface area contributed by atoms with Crippen LogP contribution < -0.4 is 5.73 Å². The molecule has 2 heterocycles. The number of thiophene rings is 1. The molecule has 0 fully saturated rings. The molecule has 0 aliphatic rings. The van der Waals surface area contributed by atoms with Crippen molar-refractivity contribution in [3.05, 3.63) is 21.8 Å². The van der Waals surface area contributed by atoms with E-state index in [0.717, 1.165) is 8.66 Å². The summed E-state index contributed by atoms with van der Waals surface area (Å²) in [6.45, 7) is 1.81. The Hall–Kier alpha value is -0.720. The number of nitrogens with two attached hydrogens (primary N) is 1. The van der Waals surface area contributed by atoms with Gasteiger partial charge in [-0.25, -0.2) is 0 Å². The first-order chi connectivity index (χ1) is 6.66. The first-order valence-corrected chi connectivity index (χ1v) is 5.62. The van der Waals surface area contributed by atoms with Gasteiger partial charge in [0, 0.05) is 0 Å². The summed E-state index contributed by atoms with van der Waals surface area (Å²) in [4.78, 5) is 0.941. The zero-order chi connectivity index (χ0) is 10.1. The maximum absolute atomic E-state index is 5.61. The minimum atomic E-state index is -0.223. The van der Waals surface area contributed by atoms with E-state index >= 15 is 0 Å². The van der Waals surface area contributed by atoms with Crippen molar-refractivity contribution in [1.29, 1.82) is 0 Å². The largest absolute Gasteiger partial charge is 0.418 e. The fourth-order valence-corrected chi connectivity index (χ4v) is 2.25. The summed E-state index contributed by atoms with van der Waals surface area (Å²) < 4.78 is 6.42. The molecule has 1 unspecified atom stereocenters. The maximum Gasteiger partial charge on any atom is 0.257 e. The van der Waals surface area contributed by atoms with Crippen molar-refractivity contribution in [1.82, 2.24) is 10.2 Å². The third-order valence-corrected chi connectivity index (χ3v) is 3.23. The molecule has 74 valence electrons. The van der Waals surface area contributed by atoms with Crippen LogP contribution in [0.4, 0.5) is 0 Å². The van der Waals surface area contributed by atoms with Gasteiger partial charge in [-0.1, -0.05) is 0 Å². The number of hydrogen-bond acceptors (Lipinski definition) is 5. The van der Waals surface area contributed by atoms with Crippen LogP contribution in [0.5, 0.6) is 0 Å². The van der Waals surface area contributed by atoms with E-state index < -0.39 is 0 Å². The van der Waals surface area contributed by atoms with Gasteiger partial charge < -0.3 is 10.2 Å². The van der Waals surface area contributed by atoms with Gasteiger partial charge in [0.15, 0.2) is 0 Å². The van der Waals surface area contributed by atoms with Crippen LogP contribution >= 0.6 is 27.3 Å². The van der Waals surface area contributed by atoms with Gasteiger partial charge in [0.05, 0.1) is 14.7 Å². The van der Waals surface area contributed by atoms with Crippen LogP contribution in [-0.4, -0.2) is 10.2 Å². The van der Waals surface area contributed by atoms with Crippen LogP contribution in [0.25, 0.3) is 10.8 Å². The Labute approximate surface area is 93.3 Å². The summed E-state index contributed by atoms with van der Waals surface area (Å²) in [5.41, 5.74) is 5.61. The fourth-order valence-electron chi connectivity index (χ4n) is 0.947. The molecular formula is C8H8BrN3OS. The molecule has 0 bridgehead atoms. The molecule has 0 spiro atoms. The molecule has 0 amide bonds. The molecule has 2 aromatic rings. The van der Waals surface area contributed by atoms with Crippen molar-refractivity contribution in [2.45, 2.75) is 13.0 Å². The standard InChI is InChI=1S/C8H8BrN3OS/c1-4(10)7-11-12-8(13-7)5-2-3-6(9)14-5/h2-4H,10H2,1H3. The maximum atomic E-state index is 5.61. The summed E-state index contributed by atoms with van der Waals surface area (Å²) in [6, 6.07) is 3.64. The van der Waals surface area contributed by atoms with Gasteiger partial charge in [0.1, 0.15) is 0 Å². The Morgan fingerprint density at radius 1 is 1.50 bits per heavy atom. The summed E-state index contributed by atoms with van der Waals surface area (Å²) in [5.74, 6) is 0.984. The quantitative estimate of drug-likeness (QED) is 0.914. The van der Waals surface area contributed by atoms with Crippen LogP contribution in [0.15, 0.2) is 20.3 Å². The van der Waals surface area contributed by atoms with Gasteiger partial charge in [-0.3, -0.25) is 0 Å². The second-order valence-corrected chi connectivity index (χ2v) is 5.30. The van der Waals surface area contributed by atoms with E-state index in [1.54, 1.807) is 11.3 Å². The molecule has 4 nitrogen and oxygen atoms in total. The normalized spacial score (nSPS) is 13.1. The number of nitrogens with zero attached hydrogens (tertiary/aromatic N) is 2. The third-order valence-electron chi connectivity index (χ3n) is 1.61. The van der Waals surface area contributed by atoms with Crippen LogP contribution in [0.1, 0.15) is 18.9 Å². The minimum Gasteiger partial charge on any atom is -0.418 e. The van der Waals surface area contributed by atoms with Crippen molar-refractivity contribution in [3.63, 3.8) is 0 Å². The van der Waals surface area contributed by atoms with E-state index in [4.69, 9.17) is 10.2 Å². The molecule has 0 saturated heterocycles. The predicted molar refractivity (Wildman–Crippen MR) is 57.9 cm³/mol. The highest BCUT2D eigenvalue weighted by atomic mass is 79.9. The Bertz CT molecular complexity index is 437. The number of aromatic nitrogens is 2. The topological polar surface area (TPSA) is 64.9 Å². The first-order valence-electron chi connectivity index (χ1n) is 4.01. The second kappa shape index (κ2) is 3.80. The van der Waals surface area contributed by atoms with Crippen molar-refractivity contribution < 1.29 is 4.42 Å². The molecule has 14 heavy (non-hydrogen) atoms. The van der Waals surface area contributed by atoms with Gasteiger partial charge in [-0.05, 0) is 35.0 Å². The Morgan fingerprint density at radius 3 is 2.79 bits per heavy atom. The van der Waals surface area contributed by atoms with Crippen molar-refractivity contribution in [2.24, 2.45) is 5.73 Å². The molecule has 2 N–H and O–H groups in total. The minimum absolute atomic E-state index is 0.223. The van der Waals surface area contributed by atoms with Crippen molar-refractivity contribution >= 4 is 27.3 Å². The monoisotopic (exact) mass is 273 g/mol. The van der Waals surface area contributed by atoms with E-state index in [-0.39, 0.29) is 6.04 Å². The lowest BCUT2D eigenvalue weighted by atomic mass is 10.4. The highest BCUT2D eigenvalue weighted by Gasteiger charge is 2.12. The lowest BCUT2D eigenvalue weighted by Crippen LogP contribution is -2.04. The number of rotatable bonds is 2. The summed E-state index contributed by atoms with van der Waals surface area (Å²) in [5, 5.41) is 7.76. The first kappa shape index (κ1) is 9.82. The zero-order valence-electron chi connectivity index (χ0n) is 7.40. The van der Waals surface area contributed by atoms with Crippen LogP contribution in [-0.2, 0) is 0 Å². The molecule has 0 aliphatic carbocycles. The number of halogens is 1. The molecule has 1 atom stereocenters. The molecule has 0 radical (unpaired) electrons. The zero-order valence-corrected chi connectivity index (χ0v) is 9.80. The summed E-state index contributed by atoms with van der Waals surface area (Å²) >= 11 is 4.91. The van der Waals surface area contributed by atoms with E-state index in [2.05, 4.69) is 26.1 Å². The summed E-state index contributed by atoms with van der Waals surface area (Å²) in [6.07, 6.45) is 0. The van der Waals surface area contributed by atoms with Crippen molar-refractivity contribution in [2.75, 3.05) is 0 Å². The molecule has 6 heteroatoms. The van der Waals surface area contributed by atoms with Gasteiger partial charge >= 0.3 is 0 Å². The van der Waals surface area contributed by atoms with Crippen molar-refractivity contribution in [3.8, 4) is 10.8 Å². The smallest absolute Gasteiger partial charge is 0.257 e.